The number of phenols is 2. The molecule has 28 heavy (non-hydrogen) atoms. The Morgan fingerprint density at radius 1 is 0.964 bits per heavy atom. The van der Waals surface area contributed by atoms with Gasteiger partial charge in [-0.05, 0) is 48.4 Å². The van der Waals surface area contributed by atoms with Gasteiger partial charge >= 0.3 is 11.9 Å². The Bertz CT molecular complexity index is 799. The van der Waals surface area contributed by atoms with Crippen LogP contribution in [0.4, 0.5) is 0 Å². The molecule has 0 aliphatic heterocycles. The number of carbonyl (C=O) groups is 2. The Morgan fingerprint density at radius 2 is 1.68 bits per heavy atom. The maximum absolute atomic E-state index is 11.9. The third-order valence-electron chi connectivity index (χ3n) is 4.07. The van der Waals surface area contributed by atoms with Gasteiger partial charge in [-0.2, -0.15) is 0 Å². The highest BCUT2D eigenvalue weighted by molar-refractivity contribution is 5.92. The molecule has 1 atom stereocenters. The summed E-state index contributed by atoms with van der Waals surface area (Å²) in [4.78, 5) is 23.8. The van der Waals surface area contributed by atoms with E-state index in [1.807, 2.05) is 13.8 Å². The van der Waals surface area contributed by atoms with E-state index in [0.717, 1.165) is 12.5 Å². The van der Waals surface area contributed by atoms with E-state index in [0.29, 0.717) is 23.8 Å². The maximum atomic E-state index is 11.9. The fourth-order valence-corrected chi connectivity index (χ4v) is 2.17. The van der Waals surface area contributed by atoms with Crippen molar-refractivity contribution in [3.63, 3.8) is 0 Å². The zero-order chi connectivity index (χ0) is 20.5. The van der Waals surface area contributed by atoms with Gasteiger partial charge in [-0.1, -0.05) is 20.3 Å². The van der Waals surface area contributed by atoms with E-state index < -0.39 is 5.97 Å². The van der Waals surface area contributed by atoms with Gasteiger partial charge in [0.15, 0.2) is 0 Å². The molecular formula is C21H24O7. The molecule has 0 saturated heterocycles. The van der Waals surface area contributed by atoms with Crippen molar-refractivity contribution < 1.29 is 34.0 Å². The van der Waals surface area contributed by atoms with Crippen LogP contribution in [0, 0.1) is 5.92 Å². The molecular weight excluding hydrogens is 364 g/mol. The molecule has 0 radical (unpaired) electrons. The van der Waals surface area contributed by atoms with Crippen molar-refractivity contribution in [3.05, 3.63) is 53.6 Å². The topological polar surface area (TPSA) is 102 Å². The molecule has 0 aliphatic carbocycles. The zero-order valence-electron chi connectivity index (χ0n) is 15.9. The Hall–Kier alpha value is -3.22. The highest BCUT2D eigenvalue weighted by Crippen LogP contribution is 2.22. The molecule has 2 N–H and O–H groups in total. The lowest BCUT2D eigenvalue weighted by molar-refractivity contribution is 0.0435. The Labute approximate surface area is 163 Å². The van der Waals surface area contributed by atoms with Crippen LogP contribution < -0.4 is 4.74 Å². The van der Waals surface area contributed by atoms with Gasteiger partial charge in [-0.3, -0.25) is 0 Å². The third kappa shape index (κ3) is 6.19. The molecule has 7 nitrogen and oxygen atoms in total. The minimum Gasteiger partial charge on any atom is -0.508 e. The van der Waals surface area contributed by atoms with Crippen LogP contribution in [0.25, 0.3) is 0 Å². The summed E-state index contributed by atoms with van der Waals surface area (Å²) in [5.41, 5.74) is 0.307. The standard InChI is InChI=1S/C21H24O7/c1-3-14(2)13-28-20(24)15-4-7-17(8-5-15)26-10-11-27-21(25)18-12-16(22)6-9-19(18)23/h4-9,12,14,22-23H,3,10-11,13H2,1-2H3. The van der Waals surface area contributed by atoms with Crippen molar-refractivity contribution in [2.45, 2.75) is 20.3 Å². The molecule has 0 fully saturated rings. The summed E-state index contributed by atoms with van der Waals surface area (Å²) in [5, 5.41) is 19.0. The number of carbonyl (C=O) groups excluding carboxylic acids is 2. The first-order valence-electron chi connectivity index (χ1n) is 8.99. The minimum absolute atomic E-state index is 0.0490. The molecule has 2 rings (SSSR count). The zero-order valence-corrected chi connectivity index (χ0v) is 15.9. The van der Waals surface area contributed by atoms with Gasteiger partial charge < -0.3 is 24.4 Å². The van der Waals surface area contributed by atoms with Crippen LogP contribution in [0.5, 0.6) is 17.2 Å². The van der Waals surface area contributed by atoms with Gasteiger partial charge in [-0.15, -0.1) is 0 Å². The second kappa shape index (κ2) is 10.2. The Kier molecular flexibility index (Phi) is 7.68. The molecule has 2 aromatic rings. The number of phenolic OH excluding ortho intramolecular Hbond substituents is 2. The smallest absolute Gasteiger partial charge is 0.342 e. The summed E-state index contributed by atoms with van der Waals surface area (Å²) in [6.45, 7) is 4.47. The van der Waals surface area contributed by atoms with Gasteiger partial charge in [-0.25, -0.2) is 9.59 Å². The SMILES string of the molecule is CCC(C)COC(=O)c1ccc(OCCOC(=O)c2cc(O)ccc2O)cc1. The summed E-state index contributed by atoms with van der Waals surface area (Å²) >= 11 is 0. The molecule has 7 heteroatoms. The minimum atomic E-state index is -0.767. The van der Waals surface area contributed by atoms with Crippen LogP contribution in [0.1, 0.15) is 41.0 Å². The summed E-state index contributed by atoms with van der Waals surface area (Å²) in [7, 11) is 0. The van der Waals surface area contributed by atoms with Gasteiger partial charge in [0.2, 0.25) is 0 Å². The summed E-state index contributed by atoms with van der Waals surface area (Å²) in [6.07, 6.45) is 0.940. The maximum Gasteiger partial charge on any atom is 0.342 e. The molecule has 0 aliphatic rings. The van der Waals surface area contributed by atoms with E-state index in [9.17, 15) is 19.8 Å². The van der Waals surface area contributed by atoms with Crippen LogP contribution in [0.3, 0.4) is 0 Å². The predicted molar refractivity (Wildman–Crippen MR) is 102 cm³/mol. The molecule has 2 aromatic carbocycles. The fourth-order valence-electron chi connectivity index (χ4n) is 2.17. The first kappa shape index (κ1) is 21.1. The van der Waals surface area contributed by atoms with Crippen molar-refractivity contribution in [1.29, 1.82) is 0 Å². The molecule has 0 heterocycles. The molecule has 150 valence electrons. The monoisotopic (exact) mass is 388 g/mol. The summed E-state index contributed by atoms with van der Waals surface area (Å²) in [5.74, 6) is -0.753. The largest absolute Gasteiger partial charge is 0.508 e. The van der Waals surface area contributed by atoms with Crippen LogP contribution in [-0.2, 0) is 9.47 Å². The Morgan fingerprint density at radius 3 is 2.36 bits per heavy atom. The highest BCUT2D eigenvalue weighted by Gasteiger charge is 2.13. The molecule has 0 bridgehead atoms. The first-order valence-corrected chi connectivity index (χ1v) is 8.99. The van der Waals surface area contributed by atoms with Gasteiger partial charge in [0.1, 0.15) is 36.0 Å². The molecule has 0 aromatic heterocycles. The molecule has 0 amide bonds. The van der Waals surface area contributed by atoms with E-state index in [1.165, 1.54) is 12.1 Å². The average Bonchev–Trinajstić information content (AvgIpc) is 2.71. The third-order valence-corrected chi connectivity index (χ3v) is 4.07. The van der Waals surface area contributed by atoms with Crippen molar-refractivity contribution in [2.24, 2.45) is 5.92 Å². The first-order chi connectivity index (χ1) is 13.4. The second-order valence-corrected chi connectivity index (χ2v) is 6.32. The lowest BCUT2D eigenvalue weighted by Crippen LogP contribution is -2.13. The lowest BCUT2D eigenvalue weighted by Gasteiger charge is -2.10. The molecule has 0 saturated carbocycles. The van der Waals surface area contributed by atoms with E-state index in [4.69, 9.17) is 14.2 Å². The summed E-state index contributed by atoms with van der Waals surface area (Å²) in [6, 6.07) is 10.1. The van der Waals surface area contributed by atoms with Gasteiger partial charge in [0, 0.05) is 0 Å². The van der Waals surface area contributed by atoms with Crippen LogP contribution in [0.2, 0.25) is 0 Å². The van der Waals surface area contributed by atoms with E-state index in [2.05, 4.69) is 0 Å². The number of hydrogen-bond donors (Lipinski definition) is 2. The fraction of sp³-hybridized carbons (Fsp3) is 0.333. The number of aromatic hydroxyl groups is 2. The van der Waals surface area contributed by atoms with Crippen LogP contribution >= 0.6 is 0 Å². The van der Waals surface area contributed by atoms with E-state index in [-0.39, 0.29) is 36.2 Å². The number of ether oxygens (including phenoxy) is 3. The number of benzene rings is 2. The normalized spacial score (nSPS) is 11.5. The number of rotatable bonds is 9. The van der Waals surface area contributed by atoms with Gasteiger partial charge in [0.25, 0.3) is 0 Å². The second-order valence-electron chi connectivity index (χ2n) is 6.32. The van der Waals surface area contributed by atoms with Crippen molar-refractivity contribution in [2.75, 3.05) is 19.8 Å². The van der Waals surface area contributed by atoms with Gasteiger partial charge in [0.05, 0.1) is 12.2 Å². The van der Waals surface area contributed by atoms with Crippen molar-refractivity contribution >= 4 is 11.9 Å². The van der Waals surface area contributed by atoms with Crippen LogP contribution in [0.15, 0.2) is 42.5 Å². The van der Waals surface area contributed by atoms with Crippen LogP contribution in [-0.4, -0.2) is 42.0 Å². The number of esters is 2. The predicted octanol–water partition coefficient (Wildman–Crippen LogP) is 3.54. The van der Waals surface area contributed by atoms with E-state index >= 15 is 0 Å². The Balaban J connectivity index is 1.76. The molecule has 0 spiro atoms. The number of hydrogen-bond acceptors (Lipinski definition) is 7. The highest BCUT2D eigenvalue weighted by atomic mass is 16.6. The summed E-state index contributed by atoms with van der Waals surface area (Å²) < 4.78 is 15.7. The quantitative estimate of drug-likeness (QED) is 0.385. The lowest BCUT2D eigenvalue weighted by atomic mass is 10.1. The average molecular weight is 388 g/mol. The van der Waals surface area contributed by atoms with Crippen molar-refractivity contribution in [3.8, 4) is 17.2 Å². The molecule has 1 unspecified atom stereocenters. The van der Waals surface area contributed by atoms with Crippen molar-refractivity contribution in [1.82, 2.24) is 0 Å². The van der Waals surface area contributed by atoms with E-state index in [1.54, 1.807) is 24.3 Å².